The molecule has 0 aromatic heterocycles. The first kappa shape index (κ1) is 18.1. The Kier molecular flexibility index (Phi) is 5.47. The molecule has 1 saturated heterocycles. The summed E-state index contributed by atoms with van der Waals surface area (Å²) in [5.41, 5.74) is 3.22. The van der Waals surface area contributed by atoms with Crippen molar-refractivity contribution in [3.05, 3.63) is 65.2 Å². The molecule has 4 nitrogen and oxygen atoms in total. The summed E-state index contributed by atoms with van der Waals surface area (Å²) in [5.74, 6) is 0.288. The zero-order chi connectivity index (χ0) is 18.6. The van der Waals surface area contributed by atoms with Crippen molar-refractivity contribution in [2.45, 2.75) is 29.5 Å². The Balaban J connectivity index is 1.33. The third-order valence-electron chi connectivity index (χ3n) is 5.31. The van der Waals surface area contributed by atoms with Gasteiger partial charge in [0.1, 0.15) is 0 Å². The number of nitrogens with zero attached hydrogens (tertiary/aromatic N) is 3. The molecule has 0 N–H and O–H groups in total. The number of rotatable bonds is 3. The van der Waals surface area contributed by atoms with Crippen molar-refractivity contribution in [3.63, 3.8) is 0 Å². The summed E-state index contributed by atoms with van der Waals surface area (Å²) < 4.78 is 0. The molecule has 1 amide bonds. The number of carbonyl (C=O) groups excluding carboxylic acids is 1. The van der Waals surface area contributed by atoms with Gasteiger partial charge in [0.15, 0.2) is 0 Å². The summed E-state index contributed by atoms with van der Waals surface area (Å²) >= 11 is 1.72. The van der Waals surface area contributed by atoms with E-state index in [1.54, 1.807) is 11.8 Å². The largest absolute Gasteiger partial charge is 0.340 e. The SMILES string of the molecule is N#Cc1ccc(CN2CCCN(C(=O)C3Cc4ccccc4S3)CC2)cc1. The van der Waals surface area contributed by atoms with Crippen LogP contribution < -0.4 is 0 Å². The van der Waals surface area contributed by atoms with Crippen LogP contribution in [0.4, 0.5) is 0 Å². The average Bonchev–Trinajstić information content (AvgIpc) is 3.01. The number of amides is 1. The van der Waals surface area contributed by atoms with Gasteiger partial charge >= 0.3 is 0 Å². The van der Waals surface area contributed by atoms with Crippen molar-refractivity contribution >= 4 is 17.7 Å². The van der Waals surface area contributed by atoms with Crippen LogP contribution in [-0.2, 0) is 17.8 Å². The molecule has 27 heavy (non-hydrogen) atoms. The van der Waals surface area contributed by atoms with Gasteiger partial charge in [-0.3, -0.25) is 9.69 Å². The first-order valence-corrected chi connectivity index (χ1v) is 10.4. The van der Waals surface area contributed by atoms with E-state index in [2.05, 4.69) is 34.1 Å². The molecule has 0 saturated carbocycles. The van der Waals surface area contributed by atoms with E-state index in [0.717, 1.165) is 45.6 Å². The molecule has 4 rings (SSSR count). The fourth-order valence-electron chi connectivity index (χ4n) is 3.82. The monoisotopic (exact) mass is 377 g/mol. The molecule has 0 spiro atoms. The molecule has 1 unspecified atom stereocenters. The van der Waals surface area contributed by atoms with E-state index in [-0.39, 0.29) is 11.2 Å². The third-order valence-corrected chi connectivity index (χ3v) is 6.62. The van der Waals surface area contributed by atoms with Crippen LogP contribution in [0.1, 0.15) is 23.1 Å². The second-order valence-electron chi connectivity index (χ2n) is 7.18. The quantitative estimate of drug-likeness (QED) is 0.823. The minimum absolute atomic E-state index is 0.0347. The number of hydrogen-bond donors (Lipinski definition) is 0. The molecule has 2 aromatic rings. The molecule has 138 valence electrons. The molecule has 1 fully saturated rings. The smallest absolute Gasteiger partial charge is 0.236 e. The second-order valence-corrected chi connectivity index (χ2v) is 8.43. The Labute approximate surface area is 164 Å². The number of fused-ring (bicyclic) bond motifs is 1. The summed E-state index contributed by atoms with van der Waals surface area (Å²) in [4.78, 5) is 18.7. The highest BCUT2D eigenvalue weighted by Gasteiger charge is 2.32. The number of hydrogen-bond acceptors (Lipinski definition) is 4. The lowest BCUT2D eigenvalue weighted by atomic mass is 10.1. The fourth-order valence-corrected chi connectivity index (χ4v) is 5.09. The summed E-state index contributed by atoms with van der Waals surface area (Å²) in [5, 5.41) is 8.95. The highest BCUT2D eigenvalue weighted by atomic mass is 32.2. The van der Waals surface area contributed by atoms with Gasteiger partial charge in [-0.2, -0.15) is 5.26 Å². The fraction of sp³-hybridized carbons (Fsp3) is 0.364. The number of thioether (sulfide) groups is 1. The van der Waals surface area contributed by atoms with E-state index in [1.165, 1.54) is 16.0 Å². The topological polar surface area (TPSA) is 47.3 Å². The molecular formula is C22H23N3OS. The van der Waals surface area contributed by atoms with Crippen LogP contribution in [0.3, 0.4) is 0 Å². The lowest BCUT2D eigenvalue weighted by Gasteiger charge is -2.24. The Bertz CT molecular complexity index is 834. The van der Waals surface area contributed by atoms with Crippen LogP contribution >= 0.6 is 11.8 Å². The Morgan fingerprint density at radius 2 is 1.89 bits per heavy atom. The zero-order valence-electron chi connectivity index (χ0n) is 15.3. The first-order valence-electron chi connectivity index (χ1n) is 9.48. The lowest BCUT2D eigenvalue weighted by Crippen LogP contribution is -2.40. The maximum atomic E-state index is 13.0. The van der Waals surface area contributed by atoms with Crippen molar-refractivity contribution < 1.29 is 4.79 Å². The van der Waals surface area contributed by atoms with Gasteiger partial charge in [-0.15, -0.1) is 11.8 Å². The Hall–Kier alpha value is -2.29. The van der Waals surface area contributed by atoms with E-state index in [0.29, 0.717) is 5.56 Å². The van der Waals surface area contributed by atoms with Gasteiger partial charge in [0, 0.05) is 37.6 Å². The van der Waals surface area contributed by atoms with Crippen molar-refractivity contribution in [1.82, 2.24) is 9.80 Å². The molecule has 2 aromatic carbocycles. The van der Waals surface area contributed by atoms with Gasteiger partial charge < -0.3 is 4.90 Å². The van der Waals surface area contributed by atoms with Crippen LogP contribution in [-0.4, -0.2) is 47.1 Å². The molecule has 5 heteroatoms. The summed E-state index contributed by atoms with van der Waals surface area (Å²) in [6.07, 6.45) is 1.86. The molecule has 0 aliphatic carbocycles. The van der Waals surface area contributed by atoms with Crippen LogP contribution in [0, 0.1) is 11.3 Å². The van der Waals surface area contributed by atoms with Crippen molar-refractivity contribution in [1.29, 1.82) is 5.26 Å². The predicted molar refractivity (Wildman–Crippen MR) is 107 cm³/mol. The van der Waals surface area contributed by atoms with Gasteiger partial charge in [-0.05, 0) is 42.2 Å². The molecular weight excluding hydrogens is 354 g/mol. The van der Waals surface area contributed by atoms with E-state index in [4.69, 9.17) is 5.26 Å². The molecule has 0 bridgehead atoms. The molecule has 2 aliphatic rings. The third kappa shape index (κ3) is 4.18. The Morgan fingerprint density at radius 3 is 2.67 bits per heavy atom. The number of benzene rings is 2. The lowest BCUT2D eigenvalue weighted by molar-refractivity contribution is -0.130. The molecule has 2 heterocycles. The van der Waals surface area contributed by atoms with Crippen molar-refractivity contribution in [3.8, 4) is 6.07 Å². The zero-order valence-corrected chi connectivity index (χ0v) is 16.1. The van der Waals surface area contributed by atoms with Crippen LogP contribution in [0.2, 0.25) is 0 Å². The predicted octanol–water partition coefficient (Wildman–Crippen LogP) is 3.31. The van der Waals surface area contributed by atoms with Crippen LogP contribution in [0.25, 0.3) is 0 Å². The molecule has 2 aliphatic heterocycles. The highest BCUT2D eigenvalue weighted by molar-refractivity contribution is 8.01. The number of carbonyl (C=O) groups is 1. The normalized spacial score (nSPS) is 20.0. The van der Waals surface area contributed by atoms with Crippen molar-refractivity contribution in [2.24, 2.45) is 0 Å². The average molecular weight is 378 g/mol. The maximum absolute atomic E-state index is 13.0. The van der Waals surface area contributed by atoms with E-state index >= 15 is 0 Å². The number of nitriles is 1. The standard InChI is InChI=1S/C22H23N3OS/c23-15-17-6-8-18(9-7-17)16-24-10-3-11-25(13-12-24)22(26)21-14-19-4-1-2-5-20(19)27-21/h1-2,4-9,21H,3,10-14,16H2. The van der Waals surface area contributed by atoms with Gasteiger partial charge in [0.25, 0.3) is 0 Å². The van der Waals surface area contributed by atoms with Gasteiger partial charge in [-0.25, -0.2) is 0 Å². The molecule has 1 atom stereocenters. The van der Waals surface area contributed by atoms with Gasteiger partial charge in [-0.1, -0.05) is 30.3 Å². The highest BCUT2D eigenvalue weighted by Crippen LogP contribution is 2.37. The van der Waals surface area contributed by atoms with Gasteiger partial charge in [0.05, 0.1) is 16.9 Å². The molecule has 0 radical (unpaired) electrons. The van der Waals surface area contributed by atoms with E-state index < -0.39 is 0 Å². The summed E-state index contributed by atoms with van der Waals surface area (Å²) in [6, 6.07) is 18.3. The van der Waals surface area contributed by atoms with E-state index in [1.807, 2.05) is 30.3 Å². The maximum Gasteiger partial charge on any atom is 0.236 e. The first-order chi connectivity index (χ1) is 13.2. The minimum Gasteiger partial charge on any atom is -0.340 e. The summed E-state index contributed by atoms with van der Waals surface area (Å²) in [6.45, 7) is 4.41. The van der Waals surface area contributed by atoms with Crippen molar-refractivity contribution in [2.75, 3.05) is 26.2 Å². The second kappa shape index (κ2) is 8.16. The van der Waals surface area contributed by atoms with Crippen LogP contribution in [0.15, 0.2) is 53.4 Å². The van der Waals surface area contributed by atoms with E-state index in [9.17, 15) is 4.79 Å². The van der Waals surface area contributed by atoms with Crippen LogP contribution in [0.5, 0.6) is 0 Å². The minimum atomic E-state index is 0.0347. The van der Waals surface area contributed by atoms with Gasteiger partial charge in [0.2, 0.25) is 5.91 Å². The Morgan fingerprint density at radius 1 is 1.07 bits per heavy atom. The summed E-state index contributed by atoms with van der Waals surface area (Å²) in [7, 11) is 0.